The van der Waals surface area contributed by atoms with Crippen molar-refractivity contribution < 1.29 is 28.3 Å². The fraction of sp³-hybridized carbons (Fsp3) is 0.400. The van der Waals surface area contributed by atoms with E-state index in [2.05, 4.69) is 5.32 Å². The van der Waals surface area contributed by atoms with Gasteiger partial charge in [-0.15, -0.1) is 0 Å². The van der Waals surface area contributed by atoms with Crippen molar-refractivity contribution >= 4 is 17.8 Å². The zero-order valence-corrected chi connectivity index (χ0v) is 12.8. The van der Waals surface area contributed by atoms with Gasteiger partial charge in [-0.1, -0.05) is 0 Å². The first kappa shape index (κ1) is 16.6. The van der Waals surface area contributed by atoms with E-state index in [4.69, 9.17) is 19.6 Å². The van der Waals surface area contributed by atoms with E-state index in [-0.39, 0.29) is 30.4 Å². The van der Waals surface area contributed by atoms with Gasteiger partial charge in [-0.3, -0.25) is 9.59 Å². The number of amides is 1. The highest BCUT2D eigenvalue weighted by Gasteiger charge is 2.47. The van der Waals surface area contributed by atoms with Crippen LogP contribution in [0.1, 0.15) is 25.5 Å². The zero-order valence-electron chi connectivity index (χ0n) is 12.8. The predicted octanol–water partition coefficient (Wildman–Crippen LogP) is 0.406. The lowest BCUT2D eigenvalue weighted by Crippen LogP contribution is -2.48. The van der Waals surface area contributed by atoms with Gasteiger partial charge < -0.3 is 24.9 Å². The van der Waals surface area contributed by atoms with Crippen molar-refractivity contribution in [2.75, 3.05) is 13.2 Å². The molecule has 0 aliphatic carbocycles. The number of hydrogen-bond donors (Lipinski definition) is 2. The van der Waals surface area contributed by atoms with Gasteiger partial charge in [0.05, 0.1) is 31.0 Å². The van der Waals surface area contributed by atoms with Crippen LogP contribution in [-0.2, 0) is 23.9 Å². The van der Waals surface area contributed by atoms with E-state index in [1.54, 1.807) is 26.0 Å². The average molecular weight is 322 g/mol. The molecule has 0 spiro atoms. The molecule has 8 nitrogen and oxygen atoms in total. The Bertz CT molecular complexity index is 634. The third-order valence-corrected chi connectivity index (χ3v) is 3.36. The maximum absolute atomic E-state index is 12.2. The van der Waals surface area contributed by atoms with Crippen molar-refractivity contribution in [3.05, 3.63) is 35.6 Å². The Morgan fingerprint density at radius 3 is 2.57 bits per heavy atom. The summed E-state index contributed by atoms with van der Waals surface area (Å²) in [5.74, 6) is -4.33. The third-order valence-electron chi connectivity index (χ3n) is 3.36. The Labute approximate surface area is 132 Å². The lowest BCUT2D eigenvalue weighted by molar-refractivity contribution is -0.153. The lowest BCUT2D eigenvalue weighted by atomic mass is 9.80. The minimum Gasteiger partial charge on any atom is -0.469 e. The topological polar surface area (TPSA) is 121 Å². The number of nitrogens with one attached hydrogen (secondary N) is 1. The molecule has 0 radical (unpaired) electrons. The van der Waals surface area contributed by atoms with Gasteiger partial charge in [0, 0.05) is 0 Å². The summed E-state index contributed by atoms with van der Waals surface area (Å²) in [6.45, 7) is 3.48. The molecule has 2 atom stereocenters. The molecular formula is C15H18N2O6. The standard InChI is InChI=1S/C15H18N2O6/c1-3-21-14(19)10-9(8-6-5-7-23-8)11(15(20)22-4-2)13(18)17-12(10)16/h5-7,9,11H,3-4,16H2,1-2H3,(H,17,18). The van der Waals surface area contributed by atoms with Gasteiger partial charge in [0.2, 0.25) is 5.91 Å². The molecule has 2 rings (SSSR count). The van der Waals surface area contributed by atoms with Crippen LogP contribution in [0.25, 0.3) is 0 Å². The predicted molar refractivity (Wildman–Crippen MR) is 77.6 cm³/mol. The number of rotatable bonds is 5. The van der Waals surface area contributed by atoms with Crippen molar-refractivity contribution in [1.29, 1.82) is 0 Å². The molecule has 1 aromatic rings. The summed E-state index contributed by atoms with van der Waals surface area (Å²) >= 11 is 0. The molecular weight excluding hydrogens is 304 g/mol. The molecule has 0 saturated heterocycles. The van der Waals surface area contributed by atoms with E-state index < -0.39 is 29.7 Å². The molecule has 2 heterocycles. The zero-order chi connectivity index (χ0) is 17.0. The van der Waals surface area contributed by atoms with Crippen LogP contribution >= 0.6 is 0 Å². The maximum Gasteiger partial charge on any atom is 0.338 e. The van der Waals surface area contributed by atoms with Crippen molar-refractivity contribution in [1.82, 2.24) is 5.32 Å². The van der Waals surface area contributed by atoms with Crippen molar-refractivity contribution in [3.8, 4) is 0 Å². The molecule has 0 fully saturated rings. The highest BCUT2D eigenvalue weighted by Crippen LogP contribution is 2.37. The van der Waals surface area contributed by atoms with Gasteiger partial charge >= 0.3 is 11.9 Å². The van der Waals surface area contributed by atoms with Gasteiger partial charge in [0.15, 0.2) is 5.92 Å². The highest BCUT2D eigenvalue weighted by molar-refractivity contribution is 6.05. The summed E-state index contributed by atoms with van der Waals surface area (Å²) in [6, 6.07) is 3.14. The van der Waals surface area contributed by atoms with E-state index >= 15 is 0 Å². The molecule has 1 aliphatic heterocycles. The maximum atomic E-state index is 12.2. The van der Waals surface area contributed by atoms with Gasteiger partial charge in [0.1, 0.15) is 11.6 Å². The summed E-state index contributed by atoms with van der Waals surface area (Å²) in [5.41, 5.74) is 5.76. The van der Waals surface area contributed by atoms with Gasteiger partial charge in [0.25, 0.3) is 0 Å². The second kappa shape index (κ2) is 6.99. The summed E-state index contributed by atoms with van der Waals surface area (Å²) in [7, 11) is 0. The molecule has 1 aliphatic rings. The second-order valence-electron chi connectivity index (χ2n) is 4.76. The summed E-state index contributed by atoms with van der Waals surface area (Å²) < 4.78 is 15.2. The summed E-state index contributed by atoms with van der Waals surface area (Å²) in [5, 5.41) is 2.33. The first-order valence-corrected chi connectivity index (χ1v) is 7.18. The van der Waals surface area contributed by atoms with E-state index in [0.29, 0.717) is 0 Å². The fourth-order valence-corrected chi connectivity index (χ4v) is 2.46. The van der Waals surface area contributed by atoms with Crippen LogP contribution in [-0.4, -0.2) is 31.1 Å². The number of carbonyl (C=O) groups excluding carboxylic acids is 3. The molecule has 124 valence electrons. The molecule has 3 N–H and O–H groups in total. The van der Waals surface area contributed by atoms with Crippen LogP contribution < -0.4 is 11.1 Å². The Hall–Kier alpha value is -2.77. The first-order valence-electron chi connectivity index (χ1n) is 7.18. The normalized spacial score (nSPS) is 20.9. The van der Waals surface area contributed by atoms with E-state index in [1.807, 2.05) is 0 Å². The molecule has 2 unspecified atom stereocenters. The number of esters is 2. The molecule has 0 aromatic carbocycles. The van der Waals surface area contributed by atoms with Crippen molar-refractivity contribution in [2.24, 2.45) is 11.7 Å². The van der Waals surface area contributed by atoms with Crippen LogP contribution in [0.4, 0.5) is 0 Å². The van der Waals surface area contributed by atoms with Crippen LogP contribution in [0.2, 0.25) is 0 Å². The number of ether oxygens (including phenoxy) is 2. The largest absolute Gasteiger partial charge is 0.469 e. The molecule has 23 heavy (non-hydrogen) atoms. The first-order chi connectivity index (χ1) is 11.0. The quantitative estimate of drug-likeness (QED) is 0.594. The SMILES string of the molecule is CCOC(=O)C1=C(N)NC(=O)C(C(=O)OCC)C1c1ccco1. The van der Waals surface area contributed by atoms with Gasteiger partial charge in [-0.05, 0) is 26.0 Å². The molecule has 1 aromatic heterocycles. The molecule has 0 saturated carbocycles. The van der Waals surface area contributed by atoms with Gasteiger partial charge in [-0.2, -0.15) is 0 Å². The van der Waals surface area contributed by atoms with E-state index in [0.717, 1.165) is 0 Å². The molecule has 8 heteroatoms. The Morgan fingerprint density at radius 2 is 2.00 bits per heavy atom. The Morgan fingerprint density at radius 1 is 1.30 bits per heavy atom. The number of hydrogen-bond acceptors (Lipinski definition) is 7. The van der Waals surface area contributed by atoms with Gasteiger partial charge in [-0.25, -0.2) is 4.79 Å². The minimum absolute atomic E-state index is 0.0283. The van der Waals surface area contributed by atoms with E-state index in [9.17, 15) is 14.4 Å². The summed E-state index contributed by atoms with van der Waals surface area (Å²) in [4.78, 5) is 36.7. The number of carbonyl (C=O) groups is 3. The average Bonchev–Trinajstić information content (AvgIpc) is 3.00. The van der Waals surface area contributed by atoms with Crippen LogP contribution in [0.15, 0.2) is 34.2 Å². The number of furan rings is 1. The molecule has 1 amide bonds. The van der Waals surface area contributed by atoms with Crippen molar-refractivity contribution in [2.45, 2.75) is 19.8 Å². The van der Waals surface area contributed by atoms with Crippen molar-refractivity contribution in [3.63, 3.8) is 0 Å². The Kier molecular flexibility index (Phi) is 5.05. The minimum atomic E-state index is -1.28. The Balaban J connectivity index is 2.53. The number of nitrogens with two attached hydrogens (primary N) is 1. The van der Waals surface area contributed by atoms with Crippen LogP contribution in [0, 0.1) is 5.92 Å². The second-order valence-corrected chi connectivity index (χ2v) is 4.76. The molecule has 0 bridgehead atoms. The monoisotopic (exact) mass is 322 g/mol. The lowest BCUT2D eigenvalue weighted by Gasteiger charge is -2.30. The summed E-state index contributed by atoms with van der Waals surface area (Å²) in [6.07, 6.45) is 1.38. The van der Waals surface area contributed by atoms with E-state index in [1.165, 1.54) is 6.26 Å². The third kappa shape index (κ3) is 3.20. The van der Waals surface area contributed by atoms with Crippen LogP contribution in [0.5, 0.6) is 0 Å². The van der Waals surface area contributed by atoms with Crippen LogP contribution in [0.3, 0.4) is 0 Å². The highest BCUT2D eigenvalue weighted by atomic mass is 16.5. The smallest absolute Gasteiger partial charge is 0.338 e. The fourth-order valence-electron chi connectivity index (χ4n) is 2.46.